The first kappa shape index (κ1) is 23.3. The molecule has 0 spiro atoms. The second kappa shape index (κ2) is 9.68. The van der Waals surface area contributed by atoms with E-state index in [4.69, 9.17) is 16.0 Å². The largest absolute Gasteiger partial charge is 0.457 e. The van der Waals surface area contributed by atoms with Crippen LogP contribution in [0, 0.1) is 5.82 Å². The minimum absolute atomic E-state index is 0.169. The Morgan fingerprint density at radius 2 is 2.06 bits per heavy atom. The quantitative estimate of drug-likeness (QED) is 0.464. The van der Waals surface area contributed by atoms with Crippen LogP contribution in [0.3, 0.4) is 0 Å². The first-order valence-electron chi connectivity index (χ1n) is 11.6. The van der Waals surface area contributed by atoms with Crippen molar-refractivity contribution in [3.63, 3.8) is 0 Å². The number of fused-ring (bicyclic) bond motifs is 1. The maximum absolute atomic E-state index is 13.7. The minimum atomic E-state index is -0.428. The Morgan fingerprint density at radius 1 is 1.20 bits per heavy atom. The van der Waals surface area contributed by atoms with Crippen LogP contribution in [-0.2, 0) is 4.79 Å². The van der Waals surface area contributed by atoms with Gasteiger partial charge >= 0.3 is 0 Å². The third kappa shape index (κ3) is 4.88. The zero-order chi connectivity index (χ0) is 24.5. The second-order valence-electron chi connectivity index (χ2n) is 8.94. The molecule has 2 aliphatic rings. The molecule has 1 unspecified atom stereocenters. The number of nitrogens with one attached hydrogen (secondary N) is 2. The van der Waals surface area contributed by atoms with Crippen molar-refractivity contribution in [1.82, 2.24) is 10.2 Å². The third-order valence-electron chi connectivity index (χ3n) is 6.59. The summed E-state index contributed by atoms with van der Waals surface area (Å²) in [6, 6.07) is 13.0. The molecule has 1 aromatic heterocycles. The lowest BCUT2D eigenvalue weighted by Gasteiger charge is -2.32. The summed E-state index contributed by atoms with van der Waals surface area (Å²) in [5, 5.41) is 6.19. The van der Waals surface area contributed by atoms with Crippen LogP contribution in [0.4, 0.5) is 10.1 Å². The number of rotatable bonds is 5. The van der Waals surface area contributed by atoms with Crippen LogP contribution in [0.2, 0.25) is 5.02 Å². The van der Waals surface area contributed by atoms with Crippen molar-refractivity contribution in [2.24, 2.45) is 0 Å². The van der Waals surface area contributed by atoms with Crippen LogP contribution in [0.1, 0.15) is 40.9 Å². The van der Waals surface area contributed by atoms with Gasteiger partial charge in [0.2, 0.25) is 0 Å². The number of hydrogen-bond donors (Lipinski definition) is 2. The molecule has 0 saturated carbocycles. The summed E-state index contributed by atoms with van der Waals surface area (Å²) in [4.78, 5) is 27.5. The number of hydrogen-bond acceptors (Lipinski definition) is 4. The maximum Gasteiger partial charge on any atom is 0.256 e. The fourth-order valence-corrected chi connectivity index (χ4v) is 4.80. The molecule has 2 N–H and O–H groups in total. The molecule has 5 rings (SSSR count). The average molecular weight is 494 g/mol. The van der Waals surface area contributed by atoms with Gasteiger partial charge in [0.05, 0.1) is 10.6 Å². The Balaban J connectivity index is 1.35. The SMILES string of the molecule is CN1CCCCC1CNC(=O)c1ccc(Cl)c(-c2ccc(/C=C3/C(=O)Nc4ccc(F)cc43)o2)c1. The smallest absolute Gasteiger partial charge is 0.256 e. The third-order valence-corrected chi connectivity index (χ3v) is 6.92. The van der Waals surface area contributed by atoms with E-state index in [0.717, 1.165) is 13.0 Å². The molecule has 1 saturated heterocycles. The molecule has 0 bridgehead atoms. The van der Waals surface area contributed by atoms with Crippen LogP contribution < -0.4 is 10.6 Å². The van der Waals surface area contributed by atoms with Gasteiger partial charge in [0, 0.05) is 35.0 Å². The molecule has 35 heavy (non-hydrogen) atoms. The summed E-state index contributed by atoms with van der Waals surface area (Å²) in [5.41, 5.74) is 2.40. The second-order valence-corrected chi connectivity index (χ2v) is 9.35. The molecule has 2 aromatic carbocycles. The Kier molecular flexibility index (Phi) is 6.45. The summed E-state index contributed by atoms with van der Waals surface area (Å²) < 4.78 is 19.7. The normalized spacial score (nSPS) is 19.0. The van der Waals surface area contributed by atoms with E-state index in [1.165, 1.54) is 31.0 Å². The molecule has 2 amide bonds. The summed E-state index contributed by atoms with van der Waals surface area (Å²) >= 11 is 6.42. The predicted molar refractivity (Wildman–Crippen MR) is 135 cm³/mol. The number of likely N-dealkylation sites (N-methyl/N-ethyl adjacent to an activating group) is 1. The van der Waals surface area contributed by atoms with Gasteiger partial charge in [-0.1, -0.05) is 18.0 Å². The lowest BCUT2D eigenvalue weighted by molar-refractivity contribution is -0.110. The van der Waals surface area contributed by atoms with E-state index >= 15 is 0 Å². The molecule has 0 radical (unpaired) electrons. The molecular formula is C27H25ClFN3O3. The highest BCUT2D eigenvalue weighted by molar-refractivity contribution is 6.35. The number of piperidine rings is 1. The van der Waals surface area contributed by atoms with Crippen molar-refractivity contribution >= 4 is 40.8 Å². The fourth-order valence-electron chi connectivity index (χ4n) is 4.59. The van der Waals surface area contributed by atoms with Crippen molar-refractivity contribution in [3.05, 3.63) is 76.3 Å². The minimum Gasteiger partial charge on any atom is -0.457 e. The van der Waals surface area contributed by atoms with Crippen LogP contribution in [0.5, 0.6) is 0 Å². The van der Waals surface area contributed by atoms with Crippen LogP contribution in [0.15, 0.2) is 52.9 Å². The number of anilines is 1. The van der Waals surface area contributed by atoms with E-state index in [-0.39, 0.29) is 11.8 Å². The lowest BCUT2D eigenvalue weighted by atomic mass is 10.0. The van der Waals surface area contributed by atoms with Crippen LogP contribution >= 0.6 is 11.6 Å². The molecule has 1 atom stereocenters. The number of furan rings is 1. The molecule has 3 heterocycles. The average Bonchev–Trinajstić information content (AvgIpc) is 3.43. The number of carbonyl (C=O) groups excluding carboxylic acids is 2. The number of amides is 2. The topological polar surface area (TPSA) is 74.6 Å². The van der Waals surface area contributed by atoms with Crippen LogP contribution in [-0.4, -0.2) is 42.9 Å². The fraction of sp³-hybridized carbons (Fsp3) is 0.259. The van der Waals surface area contributed by atoms with Gasteiger partial charge in [0.25, 0.3) is 11.8 Å². The van der Waals surface area contributed by atoms with Gasteiger partial charge in [-0.3, -0.25) is 9.59 Å². The summed E-state index contributed by atoms with van der Waals surface area (Å²) in [6.45, 7) is 1.64. The molecule has 180 valence electrons. The molecule has 0 aliphatic carbocycles. The van der Waals surface area contributed by atoms with Gasteiger partial charge in [-0.2, -0.15) is 0 Å². The first-order chi connectivity index (χ1) is 16.9. The van der Waals surface area contributed by atoms with Gasteiger partial charge in [-0.05, 0) is 81.0 Å². The van der Waals surface area contributed by atoms with E-state index in [0.29, 0.717) is 57.1 Å². The zero-order valence-electron chi connectivity index (χ0n) is 19.2. The number of benzene rings is 2. The van der Waals surface area contributed by atoms with Crippen LogP contribution in [0.25, 0.3) is 23.0 Å². The van der Waals surface area contributed by atoms with Gasteiger partial charge in [-0.15, -0.1) is 0 Å². The Morgan fingerprint density at radius 3 is 2.89 bits per heavy atom. The number of nitrogens with zero attached hydrogens (tertiary/aromatic N) is 1. The highest BCUT2D eigenvalue weighted by atomic mass is 35.5. The van der Waals surface area contributed by atoms with Gasteiger partial charge in [-0.25, -0.2) is 4.39 Å². The molecule has 3 aromatic rings. The lowest BCUT2D eigenvalue weighted by Crippen LogP contribution is -2.44. The van der Waals surface area contributed by atoms with Crippen molar-refractivity contribution in [2.75, 3.05) is 25.5 Å². The van der Waals surface area contributed by atoms with E-state index in [1.54, 1.807) is 36.4 Å². The van der Waals surface area contributed by atoms with Crippen molar-refractivity contribution in [3.8, 4) is 11.3 Å². The highest BCUT2D eigenvalue weighted by Gasteiger charge is 2.25. The Hall–Kier alpha value is -3.42. The summed E-state index contributed by atoms with van der Waals surface area (Å²) in [6.07, 6.45) is 5.00. The van der Waals surface area contributed by atoms with Gasteiger partial charge in [0.1, 0.15) is 17.3 Å². The van der Waals surface area contributed by atoms with Gasteiger partial charge < -0.3 is 20.0 Å². The standard InChI is InChI=1S/C27H25ClFN3O3/c1-32-11-3-2-4-18(32)15-30-26(33)16-5-8-23(28)22(12-16)25-10-7-19(35-25)14-21-20-13-17(29)6-9-24(20)31-27(21)34/h5-10,12-14,18H,2-4,11,15H2,1H3,(H,30,33)(H,31,34)/b21-14+. The van der Waals surface area contributed by atoms with E-state index in [9.17, 15) is 14.0 Å². The van der Waals surface area contributed by atoms with E-state index in [2.05, 4.69) is 22.6 Å². The monoisotopic (exact) mass is 493 g/mol. The Labute approximate surface area is 207 Å². The summed E-state index contributed by atoms with van der Waals surface area (Å²) in [5.74, 6) is -0.0564. The van der Waals surface area contributed by atoms with E-state index in [1.807, 2.05) is 0 Å². The molecular weight excluding hydrogens is 469 g/mol. The number of likely N-dealkylation sites (tertiary alicyclic amines) is 1. The molecule has 2 aliphatic heterocycles. The first-order valence-corrected chi connectivity index (χ1v) is 12.0. The maximum atomic E-state index is 13.7. The van der Waals surface area contributed by atoms with Gasteiger partial charge in [0.15, 0.2) is 0 Å². The van der Waals surface area contributed by atoms with Crippen molar-refractivity contribution in [1.29, 1.82) is 0 Å². The molecule has 8 heteroatoms. The van der Waals surface area contributed by atoms with E-state index < -0.39 is 5.82 Å². The van der Waals surface area contributed by atoms with Crippen molar-refractivity contribution in [2.45, 2.75) is 25.3 Å². The summed E-state index contributed by atoms with van der Waals surface area (Å²) in [7, 11) is 2.09. The predicted octanol–water partition coefficient (Wildman–Crippen LogP) is 5.45. The Bertz CT molecular complexity index is 1330. The number of carbonyl (C=O) groups is 2. The number of halogens is 2. The van der Waals surface area contributed by atoms with Crippen molar-refractivity contribution < 1.29 is 18.4 Å². The molecule has 6 nitrogen and oxygen atoms in total. The highest BCUT2D eigenvalue weighted by Crippen LogP contribution is 2.35. The molecule has 1 fully saturated rings. The zero-order valence-corrected chi connectivity index (χ0v) is 20.0.